The van der Waals surface area contributed by atoms with Crippen LogP contribution in [0.1, 0.15) is 11.6 Å². The molecule has 10 heteroatoms. The molecule has 1 fully saturated rings. The summed E-state index contributed by atoms with van der Waals surface area (Å²) in [7, 11) is 0. The fourth-order valence-electron chi connectivity index (χ4n) is 2.65. The molecule has 7 nitrogen and oxygen atoms in total. The Labute approximate surface area is 124 Å². The first kappa shape index (κ1) is 15.2. The zero-order chi connectivity index (χ0) is 15.7. The van der Waals surface area contributed by atoms with E-state index in [0.29, 0.717) is 32.8 Å². The van der Waals surface area contributed by atoms with Crippen molar-refractivity contribution in [2.75, 3.05) is 32.8 Å². The van der Waals surface area contributed by atoms with Gasteiger partial charge in [0.25, 0.3) is 0 Å². The van der Waals surface area contributed by atoms with Crippen molar-refractivity contribution in [3.05, 3.63) is 11.6 Å². The van der Waals surface area contributed by atoms with Gasteiger partial charge in [-0.2, -0.15) is 13.2 Å². The van der Waals surface area contributed by atoms with Gasteiger partial charge in [0.15, 0.2) is 5.82 Å². The van der Waals surface area contributed by atoms with Crippen molar-refractivity contribution in [3.8, 4) is 0 Å². The molecule has 122 valence electrons. The summed E-state index contributed by atoms with van der Waals surface area (Å²) in [6.07, 6.45) is -4.36. The Hall–Kier alpha value is -1.68. The highest BCUT2D eigenvalue weighted by Crippen LogP contribution is 2.19. The van der Waals surface area contributed by atoms with E-state index >= 15 is 0 Å². The van der Waals surface area contributed by atoms with E-state index < -0.39 is 18.6 Å². The average molecular weight is 319 g/mol. The molecule has 0 aromatic carbocycles. The van der Waals surface area contributed by atoms with Gasteiger partial charge in [0.1, 0.15) is 19.0 Å². The number of fused-ring (bicyclic) bond motifs is 1. The van der Waals surface area contributed by atoms with Crippen molar-refractivity contribution in [2.45, 2.75) is 25.9 Å². The number of carbonyl (C=O) groups is 1. The predicted octanol–water partition coefficient (Wildman–Crippen LogP) is 0.0148. The second-order valence-corrected chi connectivity index (χ2v) is 5.38. The van der Waals surface area contributed by atoms with Crippen LogP contribution in [0.25, 0.3) is 0 Å². The minimum absolute atomic E-state index is 0.0330. The minimum Gasteiger partial charge on any atom is -0.372 e. The SMILES string of the molecule is O=C1CN(Cc2nnc3n2CCOC3)CCN1CC(F)(F)F. The molecule has 22 heavy (non-hydrogen) atoms. The number of rotatable bonds is 3. The zero-order valence-corrected chi connectivity index (χ0v) is 11.8. The molecule has 0 N–H and O–H groups in total. The van der Waals surface area contributed by atoms with Gasteiger partial charge >= 0.3 is 6.18 Å². The van der Waals surface area contributed by atoms with Crippen LogP contribution in [0.15, 0.2) is 0 Å². The maximum Gasteiger partial charge on any atom is 0.406 e. The van der Waals surface area contributed by atoms with Crippen LogP contribution in [-0.4, -0.2) is 69.4 Å². The molecule has 0 aliphatic carbocycles. The molecule has 1 amide bonds. The van der Waals surface area contributed by atoms with Crippen LogP contribution in [0.3, 0.4) is 0 Å². The van der Waals surface area contributed by atoms with E-state index in [-0.39, 0.29) is 13.1 Å². The summed E-state index contributed by atoms with van der Waals surface area (Å²) in [4.78, 5) is 14.5. The van der Waals surface area contributed by atoms with E-state index in [4.69, 9.17) is 4.74 Å². The highest BCUT2D eigenvalue weighted by molar-refractivity contribution is 5.79. The van der Waals surface area contributed by atoms with Crippen LogP contribution >= 0.6 is 0 Å². The van der Waals surface area contributed by atoms with E-state index in [1.165, 1.54) is 0 Å². The van der Waals surface area contributed by atoms with Gasteiger partial charge in [0.05, 0.1) is 19.7 Å². The van der Waals surface area contributed by atoms with Crippen LogP contribution in [0.5, 0.6) is 0 Å². The lowest BCUT2D eigenvalue weighted by molar-refractivity contribution is -0.165. The normalized spacial score (nSPS) is 20.3. The summed E-state index contributed by atoms with van der Waals surface area (Å²) in [5.41, 5.74) is 0. The number of hydrogen-bond acceptors (Lipinski definition) is 5. The van der Waals surface area contributed by atoms with Gasteiger partial charge in [0.2, 0.25) is 5.91 Å². The summed E-state index contributed by atoms with van der Waals surface area (Å²) in [6, 6.07) is 0. The van der Waals surface area contributed by atoms with Crippen LogP contribution in [-0.2, 0) is 29.2 Å². The first-order valence-corrected chi connectivity index (χ1v) is 6.98. The monoisotopic (exact) mass is 319 g/mol. The number of amides is 1. The third kappa shape index (κ3) is 3.38. The Morgan fingerprint density at radius 2 is 2.00 bits per heavy atom. The molecule has 0 saturated carbocycles. The maximum absolute atomic E-state index is 12.4. The molecule has 3 heterocycles. The summed E-state index contributed by atoms with van der Waals surface area (Å²) in [6.45, 7) is 1.29. The summed E-state index contributed by atoms with van der Waals surface area (Å²) in [5.74, 6) is 0.948. The van der Waals surface area contributed by atoms with E-state index in [2.05, 4.69) is 10.2 Å². The Morgan fingerprint density at radius 3 is 2.73 bits per heavy atom. The number of alkyl halides is 3. The first-order chi connectivity index (χ1) is 10.4. The quantitative estimate of drug-likeness (QED) is 0.786. The topological polar surface area (TPSA) is 63.5 Å². The number of aromatic nitrogens is 3. The molecule has 1 aromatic rings. The number of nitrogens with zero attached hydrogens (tertiary/aromatic N) is 5. The number of carbonyl (C=O) groups excluding carboxylic acids is 1. The van der Waals surface area contributed by atoms with Gasteiger partial charge in [-0.3, -0.25) is 9.69 Å². The standard InChI is InChI=1S/C12H16F3N5O2/c13-12(14,15)8-19-2-1-18(6-11(19)21)5-9-16-17-10-7-22-4-3-20(9)10/h1-8H2. The Kier molecular flexibility index (Phi) is 4.04. The Balaban J connectivity index is 1.59. The van der Waals surface area contributed by atoms with Gasteiger partial charge in [0, 0.05) is 19.6 Å². The van der Waals surface area contributed by atoms with Crippen molar-refractivity contribution < 1.29 is 22.7 Å². The summed E-state index contributed by atoms with van der Waals surface area (Å²) < 4.78 is 44.3. The van der Waals surface area contributed by atoms with Crippen LogP contribution in [0, 0.1) is 0 Å². The molecule has 0 atom stereocenters. The Morgan fingerprint density at radius 1 is 1.18 bits per heavy atom. The molecule has 1 aromatic heterocycles. The third-order valence-corrected chi connectivity index (χ3v) is 3.73. The second-order valence-electron chi connectivity index (χ2n) is 5.38. The Bertz CT molecular complexity index is 559. The zero-order valence-electron chi connectivity index (χ0n) is 11.8. The molecule has 0 spiro atoms. The smallest absolute Gasteiger partial charge is 0.372 e. The molecule has 0 radical (unpaired) electrons. The second kappa shape index (κ2) is 5.84. The van der Waals surface area contributed by atoms with Crippen molar-refractivity contribution in [1.29, 1.82) is 0 Å². The predicted molar refractivity (Wildman–Crippen MR) is 67.6 cm³/mol. The number of hydrogen-bond donors (Lipinski definition) is 0. The largest absolute Gasteiger partial charge is 0.406 e. The first-order valence-electron chi connectivity index (χ1n) is 6.98. The van der Waals surface area contributed by atoms with Gasteiger partial charge < -0.3 is 14.2 Å². The van der Waals surface area contributed by atoms with Gasteiger partial charge in [-0.15, -0.1) is 10.2 Å². The molecule has 2 aliphatic rings. The van der Waals surface area contributed by atoms with E-state index in [9.17, 15) is 18.0 Å². The molecule has 1 saturated heterocycles. The lowest BCUT2D eigenvalue weighted by Gasteiger charge is -2.34. The maximum atomic E-state index is 12.4. The lowest BCUT2D eigenvalue weighted by Crippen LogP contribution is -2.52. The van der Waals surface area contributed by atoms with Crippen molar-refractivity contribution in [1.82, 2.24) is 24.6 Å². The third-order valence-electron chi connectivity index (χ3n) is 3.73. The summed E-state index contributed by atoms with van der Waals surface area (Å²) in [5, 5.41) is 8.10. The van der Waals surface area contributed by atoms with E-state index in [0.717, 1.165) is 16.5 Å². The van der Waals surface area contributed by atoms with Gasteiger partial charge in [-0.1, -0.05) is 0 Å². The van der Waals surface area contributed by atoms with Crippen LogP contribution in [0.2, 0.25) is 0 Å². The summed E-state index contributed by atoms with van der Waals surface area (Å²) >= 11 is 0. The highest BCUT2D eigenvalue weighted by atomic mass is 19.4. The molecular weight excluding hydrogens is 303 g/mol. The van der Waals surface area contributed by atoms with E-state index in [1.807, 2.05) is 4.57 Å². The van der Waals surface area contributed by atoms with Crippen molar-refractivity contribution in [2.24, 2.45) is 0 Å². The van der Waals surface area contributed by atoms with Crippen molar-refractivity contribution >= 4 is 5.91 Å². The fourth-order valence-corrected chi connectivity index (χ4v) is 2.65. The van der Waals surface area contributed by atoms with E-state index in [1.54, 1.807) is 4.90 Å². The molecular formula is C12H16F3N5O2. The number of halogens is 3. The number of piperazine rings is 1. The molecule has 0 unspecified atom stereocenters. The molecule has 2 aliphatic heterocycles. The van der Waals surface area contributed by atoms with Gasteiger partial charge in [-0.05, 0) is 0 Å². The highest BCUT2D eigenvalue weighted by Gasteiger charge is 2.35. The van der Waals surface area contributed by atoms with Crippen molar-refractivity contribution in [3.63, 3.8) is 0 Å². The molecule has 0 bridgehead atoms. The minimum atomic E-state index is -4.36. The van der Waals surface area contributed by atoms with Gasteiger partial charge in [-0.25, -0.2) is 0 Å². The number of ether oxygens (including phenoxy) is 1. The van der Waals surface area contributed by atoms with Crippen LogP contribution in [0.4, 0.5) is 13.2 Å². The fraction of sp³-hybridized carbons (Fsp3) is 0.750. The lowest BCUT2D eigenvalue weighted by atomic mass is 10.3. The average Bonchev–Trinajstić information content (AvgIpc) is 2.84. The molecule has 3 rings (SSSR count). The van der Waals surface area contributed by atoms with Crippen LogP contribution < -0.4 is 0 Å².